The summed E-state index contributed by atoms with van der Waals surface area (Å²) in [5.41, 5.74) is 0. The molecule has 3 nitrogen and oxygen atoms in total. The Hall–Kier alpha value is -0.830. The van der Waals surface area contributed by atoms with Crippen molar-refractivity contribution in [1.29, 1.82) is 0 Å². The zero-order valence-corrected chi connectivity index (χ0v) is 10.9. The SMILES string of the molecule is CCCNCCc1ncc(C(C)C(C)C)o1. The third kappa shape index (κ3) is 3.97. The second kappa shape index (κ2) is 6.69. The predicted molar refractivity (Wildman–Crippen MR) is 66.6 cm³/mol. The zero-order valence-electron chi connectivity index (χ0n) is 10.9. The van der Waals surface area contributed by atoms with Crippen LogP contribution >= 0.6 is 0 Å². The largest absolute Gasteiger partial charge is 0.445 e. The first-order valence-electron chi connectivity index (χ1n) is 6.30. The third-order valence-electron chi connectivity index (χ3n) is 2.96. The molecule has 0 saturated carbocycles. The molecular weight excluding hydrogens is 200 g/mol. The predicted octanol–water partition coefficient (Wildman–Crippen LogP) is 2.98. The van der Waals surface area contributed by atoms with Crippen molar-refractivity contribution in [3.05, 3.63) is 17.8 Å². The minimum Gasteiger partial charge on any atom is -0.445 e. The number of hydrogen-bond donors (Lipinski definition) is 1. The van der Waals surface area contributed by atoms with Crippen LogP contribution in [0.25, 0.3) is 0 Å². The van der Waals surface area contributed by atoms with Crippen LogP contribution in [0.1, 0.15) is 51.7 Å². The number of hydrogen-bond acceptors (Lipinski definition) is 3. The zero-order chi connectivity index (χ0) is 12.0. The van der Waals surface area contributed by atoms with Crippen LogP contribution in [-0.2, 0) is 6.42 Å². The van der Waals surface area contributed by atoms with Gasteiger partial charge in [0.2, 0.25) is 0 Å². The van der Waals surface area contributed by atoms with E-state index in [4.69, 9.17) is 4.42 Å². The lowest BCUT2D eigenvalue weighted by Crippen LogP contribution is -2.17. The van der Waals surface area contributed by atoms with E-state index in [1.807, 2.05) is 6.20 Å². The fourth-order valence-electron chi connectivity index (χ4n) is 1.48. The number of nitrogens with one attached hydrogen (secondary N) is 1. The van der Waals surface area contributed by atoms with Crippen molar-refractivity contribution >= 4 is 0 Å². The molecule has 1 atom stereocenters. The molecule has 1 heterocycles. The van der Waals surface area contributed by atoms with Gasteiger partial charge in [-0.3, -0.25) is 0 Å². The minimum atomic E-state index is 0.449. The number of rotatable bonds is 7. The molecule has 0 spiro atoms. The summed E-state index contributed by atoms with van der Waals surface area (Å²) in [6.07, 6.45) is 3.92. The Bertz CT molecular complexity index is 294. The summed E-state index contributed by atoms with van der Waals surface area (Å²) >= 11 is 0. The molecule has 0 aliphatic rings. The molecule has 0 saturated heterocycles. The van der Waals surface area contributed by atoms with Crippen LogP contribution < -0.4 is 5.32 Å². The lowest BCUT2D eigenvalue weighted by molar-refractivity contribution is 0.388. The number of aromatic nitrogens is 1. The summed E-state index contributed by atoms with van der Waals surface area (Å²) in [6.45, 7) is 10.8. The Morgan fingerprint density at radius 3 is 2.69 bits per heavy atom. The second-order valence-electron chi connectivity index (χ2n) is 4.69. The molecule has 3 heteroatoms. The molecule has 92 valence electrons. The molecule has 0 radical (unpaired) electrons. The monoisotopic (exact) mass is 224 g/mol. The van der Waals surface area contributed by atoms with Gasteiger partial charge in [0.1, 0.15) is 5.76 Å². The molecule has 0 aromatic carbocycles. The molecule has 16 heavy (non-hydrogen) atoms. The Balaban J connectivity index is 2.39. The molecule has 0 aliphatic heterocycles. The highest BCUT2D eigenvalue weighted by atomic mass is 16.4. The van der Waals surface area contributed by atoms with Crippen LogP contribution in [0.4, 0.5) is 0 Å². The van der Waals surface area contributed by atoms with E-state index in [2.05, 4.69) is 38.0 Å². The first-order valence-corrected chi connectivity index (χ1v) is 6.30. The van der Waals surface area contributed by atoms with Crippen molar-refractivity contribution in [2.45, 2.75) is 46.5 Å². The fraction of sp³-hybridized carbons (Fsp3) is 0.769. The molecule has 1 aromatic rings. The standard InChI is InChI=1S/C13H24N2O/c1-5-7-14-8-6-13-15-9-12(16-13)11(4)10(2)3/h9-11,14H,5-8H2,1-4H3. The Morgan fingerprint density at radius 1 is 1.31 bits per heavy atom. The van der Waals surface area contributed by atoms with Gasteiger partial charge in [-0.2, -0.15) is 0 Å². The molecule has 0 amide bonds. The van der Waals surface area contributed by atoms with Gasteiger partial charge in [-0.1, -0.05) is 27.7 Å². The first kappa shape index (κ1) is 13.2. The van der Waals surface area contributed by atoms with Crippen molar-refractivity contribution < 1.29 is 4.42 Å². The van der Waals surface area contributed by atoms with Crippen LogP contribution in [0, 0.1) is 5.92 Å². The smallest absolute Gasteiger partial charge is 0.195 e. The molecule has 1 N–H and O–H groups in total. The molecule has 1 rings (SSSR count). The van der Waals surface area contributed by atoms with Gasteiger partial charge in [-0.05, 0) is 18.9 Å². The van der Waals surface area contributed by atoms with Crippen molar-refractivity contribution in [1.82, 2.24) is 10.3 Å². The average molecular weight is 224 g/mol. The molecular formula is C13H24N2O. The topological polar surface area (TPSA) is 38.1 Å². The van der Waals surface area contributed by atoms with Crippen LogP contribution in [-0.4, -0.2) is 18.1 Å². The highest BCUT2D eigenvalue weighted by Gasteiger charge is 2.14. The summed E-state index contributed by atoms with van der Waals surface area (Å²) < 4.78 is 5.74. The third-order valence-corrected chi connectivity index (χ3v) is 2.96. The molecule has 1 unspecified atom stereocenters. The number of nitrogens with zero attached hydrogens (tertiary/aromatic N) is 1. The van der Waals surface area contributed by atoms with E-state index >= 15 is 0 Å². The van der Waals surface area contributed by atoms with E-state index in [-0.39, 0.29) is 0 Å². The van der Waals surface area contributed by atoms with E-state index < -0.39 is 0 Å². The van der Waals surface area contributed by atoms with Crippen LogP contribution in [0.15, 0.2) is 10.6 Å². The Kier molecular flexibility index (Phi) is 5.53. The van der Waals surface area contributed by atoms with Gasteiger partial charge < -0.3 is 9.73 Å². The van der Waals surface area contributed by atoms with E-state index in [1.165, 1.54) is 6.42 Å². The Labute approximate surface area is 98.6 Å². The summed E-state index contributed by atoms with van der Waals surface area (Å²) in [5, 5.41) is 3.34. The van der Waals surface area contributed by atoms with E-state index in [0.717, 1.165) is 31.2 Å². The van der Waals surface area contributed by atoms with Gasteiger partial charge >= 0.3 is 0 Å². The van der Waals surface area contributed by atoms with Gasteiger partial charge in [0.15, 0.2) is 5.89 Å². The normalized spacial score (nSPS) is 13.3. The van der Waals surface area contributed by atoms with Gasteiger partial charge in [0.05, 0.1) is 6.20 Å². The second-order valence-corrected chi connectivity index (χ2v) is 4.69. The van der Waals surface area contributed by atoms with E-state index in [9.17, 15) is 0 Å². The highest BCUT2D eigenvalue weighted by molar-refractivity contribution is 5.01. The highest BCUT2D eigenvalue weighted by Crippen LogP contribution is 2.23. The Morgan fingerprint density at radius 2 is 2.06 bits per heavy atom. The van der Waals surface area contributed by atoms with Gasteiger partial charge in [-0.15, -0.1) is 0 Å². The van der Waals surface area contributed by atoms with E-state index in [0.29, 0.717) is 11.8 Å². The quantitative estimate of drug-likeness (QED) is 0.724. The summed E-state index contributed by atoms with van der Waals surface area (Å²) in [7, 11) is 0. The maximum absolute atomic E-state index is 5.74. The summed E-state index contributed by atoms with van der Waals surface area (Å²) in [5.74, 6) is 2.91. The lowest BCUT2D eigenvalue weighted by atomic mass is 9.96. The summed E-state index contributed by atoms with van der Waals surface area (Å²) in [6, 6.07) is 0. The van der Waals surface area contributed by atoms with Gasteiger partial charge in [0.25, 0.3) is 0 Å². The average Bonchev–Trinajstić information content (AvgIpc) is 2.72. The van der Waals surface area contributed by atoms with Crippen molar-refractivity contribution in [3.8, 4) is 0 Å². The molecule has 0 bridgehead atoms. The van der Waals surface area contributed by atoms with E-state index in [1.54, 1.807) is 0 Å². The fourth-order valence-corrected chi connectivity index (χ4v) is 1.48. The molecule has 0 fully saturated rings. The maximum atomic E-state index is 5.74. The van der Waals surface area contributed by atoms with Gasteiger partial charge in [-0.25, -0.2) is 4.98 Å². The summed E-state index contributed by atoms with van der Waals surface area (Å²) in [4.78, 5) is 4.31. The van der Waals surface area contributed by atoms with Crippen molar-refractivity contribution in [2.24, 2.45) is 5.92 Å². The first-order chi connectivity index (χ1) is 7.65. The molecule has 0 aliphatic carbocycles. The van der Waals surface area contributed by atoms with Crippen LogP contribution in [0.3, 0.4) is 0 Å². The van der Waals surface area contributed by atoms with Crippen LogP contribution in [0.5, 0.6) is 0 Å². The van der Waals surface area contributed by atoms with Crippen LogP contribution in [0.2, 0.25) is 0 Å². The van der Waals surface area contributed by atoms with Crippen molar-refractivity contribution in [3.63, 3.8) is 0 Å². The molecule has 1 aromatic heterocycles. The van der Waals surface area contributed by atoms with Gasteiger partial charge in [0, 0.05) is 18.9 Å². The maximum Gasteiger partial charge on any atom is 0.195 e. The lowest BCUT2D eigenvalue weighted by Gasteiger charge is -2.11. The number of oxazole rings is 1. The van der Waals surface area contributed by atoms with Crippen molar-refractivity contribution in [2.75, 3.05) is 13.1 Å². The minimum absolute atomic E-state index is 0.449.